The van der Waals surface area contributed by atoms with Gasteiger partial charge in [-0.3, -0.25) is 9.69 Å². The minimum absolute atomic E-state index is 0.221. The van der Waals surface area contributed by atoms with Crippen molar-refractivity contribution < 1.29 is 9.53 Å². The number of piperazine rings is 1. The van der Waals surface area contributed by atoms with Crippen molar-refractivity contribution in [1.82, 2.24) is 10.2 Å². The second kappa shape index (κ2) is 5.47. The number of rotatable bonds is 3. The molecule has 0 saturated carbocycles. The van der Waals surface area contributed by atoms with Crippen LogP contribution in [0.15, 0.2) is 0 Å². The predicted octanol–water partition coefficient (Wildman–Crippen LogP) is 0.438. The zero-order valence-corrected chi connectivity index (χ0v) is 9.88. The van der Waals surface area contributed by atoms with Gasteiger partial charge in [0, 0.05) is 32.7 Å². The van der Waals surface area contributed by atoms with Crippen LogP contribution in [0.25, 0.3) is 0 Å². The highest BCUT2D eigenvalue weighted by atomic mass is 16.6. The van der Waals surface area contributed by atoms with Gasteiger partial charge >= 0.3 is 5.97 Å². The quantitative estimate of drug-likeness (QED) is 0.691. The van der Waals surface area contributed by atoms with Gasteiger partial charge in [0.2, 0.25) is 0 Å². The van der Waals surface area contributed by atoms with Gasteiger partial charge in [-0.05, 0) is 20.8 Å². The summed E-state index contributed by atoms with van der Waals surface area (Å²) in [6, 6.07) is 0. The fraction of sp³-hybridized carbons (Fsp3) is 0.818. The summed E-state index contributed by atoms with van der Waals surface area (Å²) in [4.78, 5) is 13.6. The molecule has 1 radical (unpaired) electrons. The Labute approximate surface area is 92.0 Å². The van der Waals surface area contributed by atoms with Crippen molar-refractivity contribution in [3.05, 3.63) is 6.42 Å². The van der Waals surface area contributed by atoms with Crippen LogP contribution in [0.5, 0.6) is 0 Å². The summed E-state index contributed by atoms with van der Waals surface area (Å²) in [6.07, 6.45) is 1.62. The molecular weight excluding hydrogens is 192 g/mol. The number of carbonyl (C=O) groups excluding carboxylic acids is 1. The zero-order chi connectivity index (χ0) is 11.3. The molecule has 0 spiro atoms. The summed E-state index contributed by atoms with van der Waals surface area (Å²) < 4.78 is 5.19. The van der Waals surface area contributed by atoms with E-state index >= 15 is 0 Å². The first-order chi connectivity index (χ1) is 6.97. The first-order valence-corrected chi connectivity index (χ1v) is 5.47. The van der Waals surface area contributed by atoms with Crippen LogP contribution >= 0.6 is 0 Å². The Hall–Kier alpha value is -0.610. The summed E-state index contributed by atoms with van der Waals surface area (Å²) >= 11 is 0. The molecule has 0 aliphatic carbocycles. The molecule has 1 aliphatic heterocycles. The van der Waals surface area contributed by atoms with Gasteiger partial charge in [0.15, 0.2) is 0 Å². The average molecular weight is 213 g/mol. The van der Waals surface area contributed by atoms with Gasteiger partial charge < -0.3 is 10.1 Å². The van der Waals surface area contributed by atoms with Gasteiger partial charge in [0.25, 0.3) is 0 Å². The van der Waals surface area contributed by atoms with Crippen LogP contribution in [-0.4, -0.2) is 49.2 Å². The SMILES string of the molecule is CC(C)(C)OC(=O)[CH]CN1CCNCC1. The molecule has 1 N–H and O–H groups in total. The van der Waals surface area contributed by atoms with Crippen LogP contribution in [0.3, 0.4) is 0 Å². The molecule has 0 aromatic heterocycles. The molecule has 0 aromatic carbocycles. The first kappa shape index (κ1) is 12.5. The Kier molecular flexibility index (Phi) is 4.54. The van der Waals surface area contributed by atoms with Crippen LogP contribution < -0.4 is 5.32 Å². The Morgan fingerprint density at radius 3 is 2.53 bits per heavy atom. The predicted molar refractivity (Wildman–Crippen MR) is 59.5 cm³/mol. The maximum atomic E-state index is 11.4. The lowest BCUT2D eigenvalue weighted by Gasteiger charge is -2.27. The highest BCUT2D eigenvalue weighted by molar-refractivity contribution is 5.79. The summed E-state index contributed by atoms with van der Waals surface area (Å²) in [6.45, 7) is 10.3. The maximum Gasteiger partial charge on any atom is 0.311 e. The third-order valence-electron chi connectivity index (χ3n) is 2.13. The number of esters is 1. The molecule has 1 fully saturated rings. The van der Waals surface area contributed by atoms with Crippen LogP contribution in [0.1, 0.15) is 20.8 Å². The summed E-state index contributed by atoms with van der Waals surface area (Å²) in [5.41, 5.74) is -0.392. The van der Waals surface area contributed by atoms with E-state index in [-0.39, 0.29) is 5.97 Å². The number of hydrogen-bond donors (Lipinski definition) is 1. The van der Waals surface area contributed by atoms with Crippen molar-refractivity contribution in [3.8, 4) is 0 Å². The van der Waals surface area contributed by atoms with E-state index in [2.05, 4.69) is 10.2 Å². The van der Waals surface area contributed by atoms with Gasteiger partial charge in [-0.2, -0.15) is 0 Å². The molecule has 0 bridgehead atoms. The van der Waals surface area contributed by atoms with E-state index < -0.39 is 5.60 Å². The van der Waals surface area contributed by atoms with Gasteiger partial charge in [-0.15, -0.1) is 0 Å². The highest BCUT2D eigenvalue weighted by Crippen LogP contribution is 2.08. The van der Waals surface area contributed by atoms with Crippen LogP contribution in [0.4, 0.5) is 0 Å². The van der Waals surface area contributed by atoms with Crippen molar-refractivity contribution in [2.45, 2.75) is 26.4 Å². The summed E-state index contributed by atoms with van der Waals surface area (Å²) in [5, 5.41) is 3.27. The van der Waals surface area contributed by atoms with Crippen molar-refractivity contribution in [1.29, 1.82) is 0 Å². The number of nitrogens with one attached hydrogen (secondary N) is 1. The standard InChI is InChI=1S/C11H21N2O2/c1-11(2,3)15-10(14)4-7-13-8-5-12-6-9-13/h4,12H,5-9H2,1-3H3. The molecule has 0 aromatic rings. The minimum atomic E-state index is -0.392. The van der Waals surface area contributed by atoms with E-state index in [1.54, 1.807) is 6.42 Å². The van der Waals surface area contributed by atoms with Gasteiger partial charge in [-0.1, -0.05) is 0 Å². The molecule has 4 heteroatoms. The number of carbonyl (C=O) groups is 1. The van der Waals surface area contributed by atoms with Crippen molar-refractivity contribution in [3.63, 3.8) is 0 Å². The van der Waals surface area contributed by atoms with Crippen molar-refractivity contribution in [2.24, 2.45) is 0 Å². The fourth-order valence-corrected chi connectivity index (χ4v) is 1.44. The minimum Gasteiger partial charge on any atom is -0.460 e. The van der Waals surface area contributed by atoms with E-state index in [0.29, 0.717) is 6.54 Å². The monoisotopic (exact) mass is 213 g/mol. The van der Waals surface area contributed by atoms with E-state index in [1.807, 2.05) is 20.8 Å². The van der Waals surface area contributed by atoms with E-state index in [9.17, 15) is 4.79 Å². The van der Waals surface area contributed by atoms with E-state index in [0.717, 1.165) is 26.2 Å². The number of hydrogen-bond acceptors (Lipinski definition) is 4. The maximum absolute atomic E-state index is 11.4. The molecule has 1 rings (SSSR count). The lowest BCUT2D eigenvalue weighted by Crippen LogP contribution is -2.44. The summed E-state index contributed by atoms with van der Waals surface area (Å²) in [7, 11) is 0. The van der Waals surface area contributed by atoms with Crippen LogP contribution in [0, 0.1) is 6.42 Å². The Balaban J connectivity index is 2.15. The lowest BCUT2D eigenvalue weighted by molar-refractivity contribution is -0.150. The number of ether oxygens (including phenoxy) is 1. The van der Waals surface area contributed by atoms with E-state index in [1.165, 1.54) is 0 Å². The molecule has 87 valence electrons. The molecular formula is C11H21N2O2. The highest BCUT2D eigenvalue weighted by Gasteiger charge is 2.17. The first-order valence-electron chi connectivity index (χ1n) is 5.47. The van der Waals surface area contributed by atoms with Crippen molar-refractivity contribution in [2.75, 3.05) is 32.7 Å². The Morgan fingerprint density at radius 2 is 2.00 bits per heavy atom. The molecule has 0 atom stereocenters. The van der Waals surface area contributed by atoms with Crippen LogP contribution in [-0.2, 0) is 9.53 Å². The number of nitrogens with zero attached hydrogens (tertiary/aromatic N) is 1. The van der Waals surface area contributed by atoms with Crippen molar-refractivity contribution >= 4 is 5.97 Å². The smallest absolute Gasteiger partial charge is 0.311 e. The fourth-order valence-electron chi connectivity index (χ4n) is 1.44. The molecule has 1 heterocycles. The average Bonchev–Trinajstić information content (AvgIpc) is 2.14. The normalized spacial score (nSPS) is 18.9. The molecule has 1 aliphatic rings. The van der Waals surface area contributed by atoms with Gasteiger partial charge in [0.05, 0.1) is 6.42 Å². The van der Waals surface area contributed by atoms with E-state index in [4.69, 9.17) is 4.74 Å². The topological polar surface area (TPSA) is 41.6 Å². The lowest BCUT2D eigenvalue weighted by atomic mass is 10.2. The van der Waals surface area contributed by atoms with Crippen LogP contribution in [0.2, 0.25) is 0 Å². The second-order valence-electron chi connectivity index (χ2n) is 4.79. The van der Waals surface area contributed by atoms with Gasteiger partial charge in [0.1, 0.15) is 5.60 Å². The Morgan fingerprint density at radius 1 is 1.40 bits per heavy atom. The molecule has 0 amide bonds. The largest absolute Gasteiger partial charge is 0.460 e. The second-order valence-corrected chi connectivity index (χ2v) is 4.79. The molecule has 1 saturated heterocycles. The molecule has 4 nitrogen and oxygen atoms in total. The Bertz CT molecular complexity index is 205. The third-order valence-corrected chi connectivity index (χ3v) is 2.13. The van der Waals surface area contributed by atoms with Gasteiger partial charge in [-0.25, -0.2) is 0 Å². The summed E-state index contributed by atoms with van der Waals surface area (Å²) in [5.74, 6) is -0.221. The third kappa shape index (κ3) is 5.74. The zero-order valence-electron chi connectivity index (χ0n) is 9.88. The molecule has 0 unspecified atom stereocenters. The molecule has 15 heavy (non-hydrogen) atoms.